The molecule has 0 saturated carbocycles. The summed E-state index contributed by atoms with van der Waals surface area (Å²) in [4.78, 5) is 24.7. The van der Waals surface area contributed by atoms with Crippen LogP contribution >= 0.6 is 0 Å². The van der Waals surface area contributed by atoms with Crippen molar-refractivity contribution in [2.24, 2.45) is 0 Å². The first-order valence-electron chi connectivity index (χ1n) is 8.21. The van der Waals surface area contributed by atoms with Crippen molar-refractivity contribution in [2.45, 2.75) is 13.5 Å². The summed E-state index contributed by atoms with van der Waals surface area (Å²) in [7, 11) is 0. The maximum atomic E-state index is 12.3. The van der Waals surface area contributed by atoms with Gasteiger partial charge in [-0.05, 0) is 30.7 Å². The molecule has 1 aliphatic rings. The van der Waals surface area contributed by atoms with Crippen LogP contribution in [0.5, 0.6) is 0 Å². The van der Waals surface area contributed by atoms with Crippen molar-refractivity contribution >= 4 is 11.8 Å². The average Bonchev–Trinajstić information content (AvgIpc) is 2.67. The van der Waals surface area contributed by atoms with Crippen molar-refractivity contribution in [3.63, 3.8) is 0 Å². The van der Waals surface area contributed by atoms with Crippen LogP contribution in [0.3, 0.4) is 0 Å². The lowest BCUT2D eigenvalue weighted by Crippen LogP contribution is -2.51. The molecule has 0 aliphatic carbocycles. The first kappa shape index (κ1) is 16.7. The zero-order valence-corrected chi connectivity index (χ0v) is 14.1. The number of aryl methyl sites for hydroxylation is 1. The Kier molecular flexibility index (Phi) is 5.09. The van der Waals surface area contributed by atoms with Crippen LogP contribution in [0.1, 0.15) is 16.8 Å². The van der Waals surface area contributed by atoms with Gasteiger partial charge in [-0.1, -0.05) is 6.07 Å². The van der Waals surface area contributed by atoms with Gasteiger partial charge in [0.15, 0.2) is 0 Å². The van der Waals surface area contributed by atoms with Gasteiger partial charge in [-0.2, -0.15) is 5.26 Å². The fourth-order valence-electron chi connectivity index (χ4n) is 2.69. The van der Waals surface area contributed by atoms with E-state index in [2.05, 4.69) is 26.3 Å². The van der Waals surface area contributed by atoms with Crippen LogP contribution in [0, 0.1) is 18.3 Å². The van der Waals surface area contributed by atoms with Crippen LogP contribution in [0.4, 0.5) is 10.6 Å². The number of nitrogens with one attached hydrogen (secondary N) is 1. The fourth-order valence-corrected chi connectivity index (χ4v) is 2.69. The van der Waals surface area contributed by atoms with E-state index >= 15 is 0 Å². The van der Waals surface area contributed by atoms with E-state index in [-0.39, 0.29) is 6.03 Å². The molecular formula is C18H20N6O. The van der Waals surface area contributed by atoms with E-state index < -0.39 is 0 Å². The van der Waals surface area contributed by atoms with Crippen molar-refractivity contribution < 1.29 is 4.79 Å². The molecule has 1 aliphatic heterocycles. The molecular weight excluding hydrogens is 316 g/mol. The molecule has 0 aromatic carbocycles. The number of nitriles is 1. The van der Waals surface area contributed by atoms with Crippen molar-refractivity contribution in [2.75, 3.05) is 31.1 Å². The molecule has 2 aromatic heterocycles. The molecule has 0 radical (unpaired) electrons. The van der Waals surface area contributed by atoms with Crippen LogP contribution in [-0.2, 0) is 6.54 Å². The SMILES string of the molecule is Cc1ccc(CNC(=O)N2CCN(c3cc(C#N)ccn3)CC2)cn1. The second kappa shape index (κ2) is 7.62. The number of pyridine rings is 2. The summed E-state index contributed by atoms with van der Waals surface area (Å²) >= 11 is 0. The molecule has 1 fully saturated rings. The fraction of sp³-hybridized carbons (Fsp3) is 0.333. The van der Waals surface area contributed by atoms with Gasteiger partial charge >= 0.3 is 6.03 Å². The van der Waals surface area contributed by atoms with Gasteiger partial charge in [0.1, 0.15) is 5.82 Å². The van der Waals surface area contributed by atoms with E-state index in [0.29, 0.717) is 38.3 Å². The number of piperazine rings is 1. The highest BCUT2D eigenvalue weighted by Crippen LogP contribution is 2.15. The second-order valence-electron chi connectivity index (χ2n) is 5.96. The van der Waals surface area contributed by atoms with E-state index in [9.17, 15) is 4.79 Å². The number of hydrogen-bond acceptors (Lipinski definition) is 5. The number of carbonyl (C=O) groups is 1. The molecule has 1 N–H and O–H groups in total. The molecule has 1 saturated heterocycles. The van der Waals surface area contributed by atoms with Crippen LogP contribution in [0.2, 0.25) is 0 Å². The van der Waals surface area contributed by atoms with E-state index in [1.54, 1.807) is 29.4 Å². The Bertz CT molecular complexity index is 775. The molecule has 7 heteroatoms. The second-order valence-corrected chi connectivity index (χ2v) is 5.96. The Balaban J connectivity index is 1.50. The van der Waals surface area contributed by atoms with Crippen molar-refractivity contribution in [3.8, 4) is 6.07 Å². The van der Waals surface area contributed by atoms with Gasteiger partial charge in [-0.15, -0.1) is 0 Å². The Hall–Kier alpha value is -3.14. The molecule has 2 amide bonds. The van der Waals surface area contributed by atoms with Crippen molar-refractivity contribution in [3.05, 3.63) is 53.5 Å². The predicted octanol–water partition coefficient (Wildman–Crippen LogP) is 1.69. The summed E-state index contributed by atoms with van der Waals surface area (Å²) in [5.74, 6) is 0.782. The van der Waals surface area contributed by atoms with Gasteiger partial charge < -0.3 is 15.1 Å². The number of aromatic nitrogens is 2. The maximum Gasteiger partial charge on any atom is 0.317 e. The monoisotopic (exact) mass is 336 g/mol. The summed E-state index contributed by atoms with van der Waals surface area (Å²) in [6.45, 7) is 5.04. The lowest BCUT2D eigenvalue weighted by Gasteiger charge is -2.35. The van der Waals surface area contributed by atoms with Crippen LogP contribution in [0.15, 0.2) is 36.7 Å². The van der Waals surface area contributed by atoms with Crippen LogP contribution in [0.25, 0.3) is 0 Å². The molecule has 0 unspecified atom stereocenters. The molecule has 3 rings (SSSR count). The quantitative estimate of drug-likeness (QED) is 0.922. The van der Waals surface area contributed by atoms with E-state index in [1.165, 1.54) is 0 Å². The molecule has 128 valence electrons. The predicted molar refractivity (Wildman–Crippen MR) is 93.9 cm³/mol. The Morgan fingerprint density at radius 1 is 1.24 bits per heavy atom. The minimum Gasteiger partial charge on any atom is -0.353 e. The largest absolute Gasteiger partial charge is 0.353 e. The molecule has 0 atom stereocenters. The summed E-state index contributed by atoms with van der Waals surface area (Å²) in [6, 6.07) is 9.42. The summed E-state index contributed by atoms with van der Waals surface area (Å²) in [5, 5.41) is 11.9. The van der Waals surface area contributed by atoms with Gasteiger partial charge in [-0.25, -0.2) is 9.78 Å². The summed E-state index contributed by atoms with van der Waals surface area (Å²) in [5.41, 5.74) is 2.53. The zero-order valence-electron chi connectivity index (χ0n) is 14.1. The lowest BCUT2D eigenvalue weighted by molar-refractivity contribution is 0.194. The third-order valence-electron chi connectivity index (χ3n) is 4.18. The van der Waals surface area contributed by atoms with Crippen molar-refractivity contribution in [1.82, 2.24) is 20.2 Å². The van der Waals surface area contributed by atoms with Gasteiger partial charge in [0.2, 0.25) is 0 Å². The highest BCUT2D eigenvalue weighted by atomic mass is 16.2. The number of nitrogens with zero attached hydrogens (tertiary/aromatic N) is 5. The number of urea groups is 1. The highest BCUT2D eigenvalue weighted by molar-refractivity contribution is 5.74. The third-order valence-corrected chi connectivity index (χ3v) is 4.18. The van der Waals surface area contributed by atoms with Gasteiger partial charge in [0, 0.05) is 50.8 Å². The number of rotatable bonds is 3. The molecule has 2 aromatic rings. The third kappa shape index (κ3) is 4.23. The summed E-state index contributed by atoms with van der Waals surface area (Å²) < 4.78 is 0. The highest BCUT2D eigenvalue weighted by Gasteiger charge is 2.21. The molecule has 0 bridgehead atoms. The number of anilines is 1. The number of carbonyl (C=O) groups excluding carboxylic acids is 1. The van der Waals surface area contributed by atoms with Gasteiger partial charge in [0.25, 0.3) is 0 Å². The Labute approximate surface area is 146 Å². The molecule has 3 heterocycles. The average molecular weight is 336 g/mol. The number of hydrogen-bond donors (Lipinski definition) is 1. The first-order chi connectivity index (χ1) is 12.2. The first-order valence-corrected chi connectivity index (χ1v) is 8.21. The Morgan fingerprint density at radius 2 is 2.04 bits per heavy atom. The van der Waals surface area contributed by atoms with Crippen molar-refractivity contribution in [1.29, 1.82) is 5.26 Å². The van der Waals surface area contributed by atoms with E-state index in [4.69, 9.17) is 5.26 Å². The Morgan fingerprint density at radius 3 is 2.72 bits per heavy atom. The van der Waals surface area contributed by atoms with E-state index in [1.807, 2.05) is 19.1 Å². The standard InChI is InChI=1S/C18H20N6O/c1-14-2-3-16(12-21-14)13-22-18(25)24-8-6-23(7-9-24)17-10-15(11-19)4-5-20-17/h2-5,10,12H,6-9,13H2,1H3,(H,22,25). The smallest absolute Gasteiger partial charge is 0.317 e. The molecule has 7 nitrogen and oxygen atoms in total. The minimum atomic E-state index is -0.0704. The van der Waals surface area contributed by atoms with Gasteiger partial charge in [0.05, 0.1) is 11.6 Å². The summed E-state index contributed by atoms with van der Waals surface area (Å²) in [6.07, 6.45) is 3.42. The topological polar surface area (TPSA) is 85.2 Å². The molecule has 0 spiro atoms. The van der Waals surface area contributed by atoms with E-state index in [0.717, 1.165) is 17.1 Å². The number of amides is 2. The van der Waals surface area contributed by atoms with Crippen LogP contribution in [-0.4, -0.2) is 47.1 Å². The minimum absolute atomic E-state index is 0.0704. The van der Waals surface area contributed by atoms with Gasteiger partial charge in [-0.3, -0.25) is 4.98 Å². The lowest BCUT2D eigenvalue weighted by atomic mass is 10.2. The zero-order chi connectivity index (χ0) is 17.6. The van der Waals surface area contributed by atoms with Crippen LogP contribution < -0.4 is 10.2 Å². The maximum absolute atomic E-state index is 12.3. The molecule has 25 heavy (non-hydrogen) atoms. The normalized spacial score (nSPS) is 14.1.